The Labute approximate surface area is 115 Å². The van der Waals surface area contributed by atoms with Crippen LogP contribution in [0.15, 0.2) is 59.7 Å². The topological polar surface area (TPSA) is 24.1 Å². The zero-order valence-corrected chi connectivity index (χ0v) is 11.9. The average molecular weight is 254 g/mol. The second-order valence-electron chi connectivity index (χ2n) is 4.91. The highest BCUT2D eigenvalue weighted by Gasteiger charge is 2.23. The highest BCUT2D eigenvalue weighted by molar-refractivity contribution is 5.60. The first kappa shape index (κ1) is 13.8. The van der Waals surface area contributed by atoms with Gasteiger partial charge >= 0.3 is 0 Å². The van der Waals surface area contributed by atoms with Crippen LogP contribution in [0.1, 0.15) is 18.9 Å². The molecule has 1 aliphatic rings. The first-order chi connectivity index (χ1) is 9.19. The average Bonchev–Trinajstić information content (AvgIpc) is 2.48. The first-order valence-corrected chi connectivity index (χ1v) is 6.70. The van der Waals surface area contributed by atoms with Crippen molar-refractivity contribution in [3.63, 3.8) is 0 Å². The molecule has 0 saturated carbocycles. The molecule has 0 saturated heterocycles. The largest absolute Gasteiger partial charge is 0.299 e. The number of nitrogens with one attached hydrogen (secondary N) is 2. The van der Waals surface area contributed by atoms with Crippen molar-refractivity contribution in [2.75, 3.05) is 14.1 Å². The van der Waals surface area contributed by atoms with Crippen molar-refractivity contribution < 1.29 is 0 Å². The van der Waals surface area contributed by atoms with Crippen LogP contribution < -0.4 is 10.6 Å². The summed E-state index contributed by atoms with van der Waals surface area (Å²) in [6.07, 6.45) is 9.84. The van der Waals surface area contributed by atoms with E-state index in [-0.39, 0.29) is 5.66 Å². The van der Waals surface area contributed by atoms with Crippen LogP contribution >= 0.6 is 0 Å². The van der Waals surface area contributed by atoms with Crippen molar-refractivity contribution in [3.05, 3.63) is 65.3 Å². The fraction of sp³-hybridized carbons (Fsp3) is 0.294. The van der Waals surface area contributed by atoms with Gasteiger partial charge in [-0.25, -0.2) is 0 Å². The van der Waals surface area contributed by atoms with Gasteiger partial charge in [-0.2, -0.15) is 0 Å². The fourth-order valence-corrected chi connectivity index (χ4v) is 2.31. The summed E-state index contributed by atoms with van der Waals surface area (Å²) in [6.45, 7) is 2.16. The molecule has 1 aromatic rings. The second kappa shape index (κ2) is 6.00. The van der Waals surface area contributed by atoms with E-state index >= 15 is 0 Å². The molecule has 1 aromatic carbocycles. The summed E-state index contributed by atoms with van der Waals surface area (Å²) in [5, 5.41) is 6.63. The minimum atomic E-state index is -0.101. The van der Waals surface area contributed by atoms with E-state index in [1.807, 2.05) is 20.2 Å². The summed E-state index contributed by atoms with van der Waals surface area (Å²) in [7, 11) is 3.96. The summed E-state index contributed by atoms with van der Waals surface area (Å²) in [4.78, 5) is 0. The Morgan fingerprint density at radius 1 is 1.16 bits per heavy atom. The minimum absolute atomic E-state index is 0.101. The number of benzene rings is 1. The van der Waals surface area contributed by atoms with Gasteiger partial charge in [-0.05, 0) is 43.8 Å². The van der Waals surface area contributed by atoms with E-state index in [4.69, 9.17) is 0 Å². The molecule has 0 bridgehead atoms. The molecule has 2 N–H and O–H groups in total. The SMILES string of the molecule is CNC1(NC)C=CC(C(C)=Cc2ccccc2)=CC1. The van der Waals surface area contributed by atoms with Gasteiger partial charge in [0, 0.05) is 6.42 Å². The maximum atomic E-state index is 3.31. The minimum Gasteiger partial charge on any atom is -0.299 e. The van der Waals surface area contributed by atoms with Gasteiger partial charge in [0.15, 0.2) is 0 Å². The quantitative estimate of drug-likeness (QED) is 0.807. The van der Waals surface area contributed by atoms with Crippen molar-refractivity contribution in [2.45, 2.75) is 19.0 Å². The summed E-state index contributed by atoms with van der Waals surface area (Å²) < 4.78 is 0. The van der Waals surface area contributed by atoms with E-state index in [9.17, 15) is 0 Å². The molecule has 0 fully saturated rings. The Hall–Kier alpha value is -1.64. The van der Waals surface area contributed by atoms with Crippen molar-refractivity contribution in [3.8, 4) is 0 Å². The lowest BCUT2D eigenvalue weighted by Crippen LogP contribution is -2.52. The van der Waals surface area contributed by atoms with Crippen LogP contribution in [0.2, 0.25) is 0 Å². The Bertz CT molecular complexity index is 505. The Balaban J connectivity index is 2.15. The number of likely N-dealkylation sites (N-methyl/N-ethyl adjacent to an activating group) is 2. The highest BCUT2D eigenvalue weighted by Crippen LogP contribution is 2.24. The van der Waals surface area contributed by atoms with Crippen LogP contribution in [0, 0.1) is 0 Å². The predicted molar refractivity (Wildman–Crippen MR) is 82.8 cm³/mol. The molecule has 100 valence electrons. The van der Waals surface area contributed by atoms with Gasteiger partial charge in [0.25, 0.3) is 0 Å². The summed E-state index contributed by atoms with van der Waals surface area (Å²) >= 11 is 0. The predicted octanol–water partition coefficient (Wildman–Crippen LogP) is 3.11. The molecule has 0 aliphatic heterocycles. The maximum Gasteiger partial charge on any atom is 0.0912 e. The van der Waals surface area contributed by atoms with Gasteiger partial charge in [-0.1, -0.05) is 48.6 Å². The van der Waals surface area contributed by atoms with E-state index in [0.717, 1.165) is 6.42 Å². The number of rotatable bonds is 4. The van der Waals surface area contributed by atoms with Gasteiger partial charge in [0.2, 0.25) is 0 Å². The molecule has 0 unspecified atom stereocenters. The summed E-state index contributed by atoms with van der Waals surface area (Å²) in [6, 6.07) is 10.4. The van der Waals surface area contributed by atoms with Crippen molar-refractivity contribution >= 4 is 6.08 Å². The fourth-order valence-electron chi connectivity index (χ4n) is 2.31. The number of hydrogen-bond donors (Lipinski definition) is 2. The van der Waals surface area contributed by atoms with Crippen LogP contribution in [-0.4, -0.2) is 19.8 Å². The van der Waals surface area contributed by atoms with Crippen LogP contribution in [0.25, 0.3) is 6.08 Å². The summed E-state index contributed by atoms with van der Waals surface area (Å²) in [5.74, 6) is 0. The van der Waals surface area contributed by atoms with Crippen molar-refractivity contribution in [1.82, 2.24) is 10.6 Å². The Morgan fingerprint density at radius 3 is 2.37 bits per heavy atom. The van der Waals surface area contributed by atoms with E-state index in [1.54, 1.807) is 0 Å². The zero-order chi connectivity index (χ0) is 13.7. The lowest BCUT2D eigenvalue weighted by Gasteiger charge is -2.31. The van der Waals surface area contributed by atoms with Crippen LogP contribution in [0.5, 0.6) is 0 Å². The molecule has 19 heavy (non-hydrogen) atoms. The third-order valence-corrected chi connectivity index (χ3v) is 3.72. The highest BCUT2D eigenvalue weighted by atomic mass is 15.2. The lowest BCUT2D eigenvalue weighted by molar-refractivity contribution is 0.375. The van der Waals surface area contributed by atoms with Crippen molar-refractivity contribution in [2.24, 2.45) is 0 Å². The lowest BCUT2D eigenvalue weighted by atomic mass is 9.92. The molecule has 1 aliphatic carbocycles. The van der Waals surface area contributed by atoms with Gasteiger partial charge in [-0.3, -0.25) is 10.6 Å². The summed E-state index contributed by atoms with van der Waals surface area (Å²) in [5.41, 5.74) is 3.73. The molecule has 0 spiro atoms. The smallest absolute Gasteiger partial charge is 0.0912 e. The third kappa shape index (κ3) is 3.22. The molecule has 0 aromatic heterocycles. The van der Waals surface area contributed by atoms with E-state index in [1.165, 1.54) is 16.7 Å². The molecular weight excluding hydrogens is 232 g/mol. The van der Waals surface area contributed by atoms with Crippen LogP contribution in [0.4, 0.5) is 0 Å². The monoisotopic (exact) mass is 254 g/mol. The normalized spacial score (nSPS) is 18.3. The Morgan fingerprint density at radius 2 is 1.84 bits per heavy atom. The first-order valence-electron chi connectivity index (χ1n) is 6.70. The molecule has 2 nitrogen and oxygen atoms in total. The second-order valence-corrected chi connectivity index (χ2v) is 4.91. The van der Waals surface area contributed by atoms with Crippen molar-refractivity contribution in [1.29, 1.82) is 0 Å². The van der Waals surface area contributed by atoms with E-state index in [2.05, 4.69) is 66.1 Å². The van der Waals surface area contributed by atoms with E-state index in [0.29, 0.717) is 0 Å². The molecular formula is C17H22N2. The van der Waals surface area contributed by atoms with Gasteiger partial charge < -0.3 is 0 Å². The molecule has 0 heterocycles. The number of hydrogen-bond acceptors (Lipinski definition) is 2. The molecule has 0 radical (unpaired) electrons. The van der Waals surface area contributed by atoms with Gasteiger partial charge in [0.1, 0.15) is 0 Å². The molecule has 2 heteroatoms. The zero-order valence-electron chi connectivity index (χ0n) is 11.9. The van der Waals surface area contributed by atoms with Gasteiger partial charge in [0.05, 0.1) is 5.66 Å². The standard InChI is InChI=1S/C17H22N2/c1-14(13-15-7-5-4-6-8-15)16-9-11-17(18-2,19-3)12-10-16/h4-11,13,18-19H,12H2,1-3H3. The molecule has 0 atom stereocenters. The molecule has 0 amide bonds. The third-order valence-electron chi connectivity index (χ3n) is 3.72. The van der Waals surface area contributed by atoms with E-state index < -0.39 is 0 Å². The number of allylic oxidation sites excluding steroid dienone is 3. The maximum absolute atomic E-state index is 3.31. The Kier molecular flexibility index (Phi) is 4.35. The van der Waals surface area contributed by atoms with Crippen LogP contribution in [0.3, 0.4) is 0 Å². The van der Waals surface area contributed by atoms with Crippen LogP contribution in [-0.2, 0) is 0 Å². The molecule has 2 rings (SSSR count). The van der Waals surface area contributed by atoms with Gasteiger partial charge in [-0.15, -0.1) is 0 Å².